The molecular weight excluding hydrogens is 204 g/mol. The summed E-state index contributed by atoms with van der Waals surface area (Å²) < 4.78 is 0. The maximum absolute atomic E-state index is 3.36. The molecule has 0 aliphatic rings. The molecule has 0 nitrogen and oxygen atoms in total. The fourth-order valence-electron chi connectivity index (χ4n) is 0.269. The minimum absolute atomic E-state index is 1.29. The highest BCUT2D eigenvalue weighted by Crippen LogP contribution is 2.34. The monoisotopic (exact) mass is 224 g/mol. The molecule has 0 aromatic heterocycles. The topological polar surface area (TPSA) is 0 Å². The van der Waals surface area contributed by atoms with Crippen LogP contribution in [-0.4, -0.2) is 11.5 Å². The predicted octanol–water partition coefficient (Wildman–Crippen LogP) is 5.03. The average molecular weight is 224 g/mol. The van der Waals surface area contributed by atoms with E-state index in [1.807, 2.05) is 38.3 Å². The van der Waals surface area contributed by atoms with Gasteiger partial charge in [-0.25, -0.2) is 0 Å². The lowest BCUT2D eigenvalue weighted by atomic mass is 10.6. The van der Waals surface area contributed by atoms with Gasteiger partial charge in [0, 0.05) is 11.5 Å². The van der Waals surface area contributed by atoms with Gasteiger partial charge in [-0.2, -0.15) is 0 Å². The van der Waals surface area contributed by atoms with Crippen molar-refractivity contribution in [3.8, 4) is 0 Å². The van der Waals surface area contributed by atoms with E-state index in [-0.39, 0.29) is 0 Å². The van der Waals surface area contributed by atoms with Crippen LogP contribution in [0.5, 0.6) is 0 Å². The van der Waals surface area contributed by atoms with Gasteiger partial charge in [0.05, 0.1) is 0 Å². The van der Waals surface area contributed by atoms with Gasteiger partial charge in [-0.1, -0.05) is 41.5 Å². The molecule has 0 fully saturated rings. The van der Waals surface area contributed by atoms with Crippen LogP contribution in [0, 0.1) is 0 Å². The van der Waals surface area contributed by atoms with Crippen molar-refractivity contribution >= 4 is 31.4 Å². The second kappa shape index (κ2) is 17.8. The lowest BCUT2D eigenvalue weighted by Crippen LogP contribution is -1.67. The smallest absolute Gasteiger partial charge is 0.00425 e. The van der Waals surface area contributed by atoms with E-state index in [0.717, 1.165) is 0 Å². The van der Waals surface area contributed by atoms with Crippen LogP contribution in [0.15, 0.2) is 12.7 Å². The van der Waals surface area contributed by atoms with Crippen molar-refractivity contribution in [2.75, 3.05) is 11.5 Å². The van der Waals surface area contributed by atoms with Gasteiger partial charge in [-0.3, -0.25) is 0 Å². The average Bonchev–Trinajstić information content (AvgIpc) is 2.06. The van der Waals surface area contributed by atoms with E-state index >= 15 is 0 Å². The van der Waals surface area contributed by atoms with Gasteiger partial charge in [-0.15, -0.1) is 6.58 Å². The zero-order valence-electron chi connectivity index (χ0n) is 8.34. The van der Waals surface area contributed by atoms with Crippen molar-refractivity contribution in [3.05, 3.63) is 12.7 Å². The second-order valence-electron chi connectivity index (χ2n) is 2.12. The number of hydrogen-bond acceptors (Lipinski definition) is 3. The fraction of sp³-hybridized carbons (Fsp3) is 0.778. The minimum atomic E-state index is 1.29. The Bertz CT molecular complexity index is 68.2. The third-order valence-electron chi connectivity index (χ3n) is 0.671. The zero-order valence-corrected chi connectivity index (χ0v) is 10.8. The van der Waals surface area contributed by atoms with Gasteiger partial charge in [0.2, 0.25) is 0 Å². The molecule has 0 spiro atoms. The molecule has 0 rings (SSSR count). The first-order chi connectivity index (χ1) is 5.83. The Morgan fingerprint density at radius 1 is 1.08 bits per heavy atom. The van der Waals surface area contributed by atoms with Crippen molar-refractivity contribution in [1.82, 2.24) is 0 Å². The van der Waals surface area contributed by atoms with E-state index in [4.69, 9.17) is 0 Å². The SMILES string of the molecule is C=CC.CCCSSSCCC. The second-order valence-corrected chi connectivity index (χ2v) is 6.59. The van der Waals surface area contributed by atoms with Crippen LogP contribution in [0.2, 0.25) is 0 Å². The molecule has 0 aromatic carbocycles. The Hall–Kier alpha value is 0.790. The molecule has 0 aromatic rings. The van der Waals surface area contributed by atoms with Crippen LogP contribution in [0.3, 0.4) is 0 Å². The molecule has 12 heavy (non-hydrogen) atoms. The van der Waals surface area contributed by atoms with Crippen LogP contribution in [0.4, 0.5) is 0 Å². The molecule has 0 aliphatic heterocycles. The third kappa shape index (κ3) is 22.4. The summed E-state index contributed by atoms with van der Waals surface area (Å²) in [4.78, 5) is 0. The van der Waals surface area contributed by atoms with E-state index < -0.39 is 0 Å². The molecule has 74 valence electrons. The normalized spacial score (nSPS) is 8.58. The summed E-state index contributed by atoms with van der Waals surface area (Å²) >= 11 is 0. The molecule has 0 saturated carbocycles. The summed E-state index contributed by atoms with van der Waals surface area (Å²) in [6.07, 6.45) is 4.34. The van der Waals surface area contributed by atoms with Gasteiger partial charge in [0.15, 0.2) is 0 Å². The van der Waals surface area contributed by atoms with Crippen LogP contribution in [0.1, 0.15) is 33.6 Å². The highest BCUT2D eigenvalue weighted by atomic mass is 33.5. The first-order valence-corrected chi connectivity index (χ1v) is 8.13. The Balaban J connectivity index is 0. The maximum Gasteiger partial charge on any atom is 0.00425 e. The summed E-state index contributed by atoms with van der Waals surface area (Å²) in [6, 6.07) is 0. The van der Waals surface area contributed by atoms with Crippen molar-refractivity contribution < 1.29 is 0 Å². The van der Waals surface area contributed by atoms with Crippen molar-refractivity contribution in [3.63, 3.8) is 0 Å². The zero-order chi connectivity index (χ0) is 9.66. The van der Waals surface area contributed by atoms with Crippen LogP contribution in [0.25, 0.3) is 0 Å². The molecule has 0 heterocycles. The molecule has 0 radical (unpaired) electrons. The van der Waals surface area contributed by atoms with Crippen LogP contribution in [-0.2, 0) is 0 Å². The van der Waals surface area contributed by atoms with E-state index in [0.29, 0.717) is 0 Å². The lowest BCUT2D eigenvalue weighted by molar-refractivity contribution is 1.11. The van der Waals surface area contributed by atoms with Crippen molar-refractivity contribution in [2.45, 2.75) is 33.6 Å². The summed E-state index contributed by atoms with van der Waals surface area (Å²) in [5.41, 5.74) is 0. The first-order valence-electron chi connectivity index (χ1n) is 4.31. The number of rotatable bonds is 6. The van der Waals surface area contributed by atoms with Crippen LogP contribution < -0.4 is 0 Å². The molecule has 3 heteroatoms. The number of hydrogen-bond donors (Lipinski definition) is 0. The summed E-state index contributed by atoms with van der Waals surface area (Å²) in [7, 11) is 5.88. The van der Waals surface area contributed by atoms with Gasteiger partial charge in [-0.05, 0) is 29.6 Å². The van der Waals surface area contributed by atoms with E-state index in [1.165, 1.54) is 24.3 Å². The summed E-state index contributed by atoms with van der Waals surface area (Å²) in [5.74, 6) is 2.59. The molecule has 0 N–H and O–H groups in total. The van der Waals surface area contributed by atoms with Crippen molar-refractivity contribution in [1.29, 1.82) is 0 Å². The summed E-state index contributed by atoms with van der Waals surface area (Å²) in [6.45, 7) is 9.69. The predicted molar refractivity (Wildman–Crippen MR) is 69.0 cm³/mol. The van der Waals surface area contributed by atoms with E-state index in [2.05, 4.69) is 20.4 Å². The molecule has 0 atom stereocenters. The minimum Gasteiger partial charge on any atom is -0.103 e. The highest BCUT2D eigenvalue weighted by Gasteiger charge is 1.87. The Morgan fingerprint density at radius 3 is 1.67 bits per heavy atom. The van der Waals surface area contributed by atoms with Crippen LogP contribution >= 0.6 is 31.4 Å². The maximum atomic E-state index is 3.36. The number of allylic oxidation sites excluding steroid dienone is 1. The van der Waals surface area contributed by atoms with Crippen molar-refractivity contribution in [2.24, 2.45) is 0 Å². The molecule has 0 bridgehead atoms. The highest BCUT2D eigenvalue weighted by molar-refractivity contribution is 9.09. The lowest BCUT2D eigenvalue weighted by Gasteiger charge is -1.94. The molecule has 0 amide bonds. The summed E-state index contributed by atoms with van der Waals surface area (Å²) in [5, 5.41) is 0. The molecule has 0 saturated heterocycles. The van der Waals surface area contributed by atoms with E-state index in [1.54, 1.807) is 6.08 Å². The molecular formula is C9H20S3. The largest absolute Gasteiger partial charge is 0.103 e. The first kappa shape index (κ1) is 15.3. The van der Waals surface area contributed by atoms with Gasteiger partial charge < -0.3 is 0 Å². The Morgan fingerprint density at radius 2 is 1.42 bits per heavy atom. The Kier molecular flexibility index (Phi) is 22.6. The van der Waals surface area contributed by atoms with Gasteiger partial charge in [0.1, 0.15) is 0 Å². The standard InChI is InChI=1S/C6H14S3.C3H6/c1-3-5-7-9-8-6-4-2;1-3-2/h3-6H2,1-2H3;3H,1H2,2H3. The Labute approximate surface area is 89.1 Å². The molecule has 0 unspecified atom stereocenters. The quantitative estimate of drug-likeness (QED) is 0.353. The van der Waals surface area contributed by atoms with Gasteiger partial charge in [0.25, 0.3) is 0 Å². The van der Waals surface area contributed by atoms with E-state index in [9.17, 15) is 0 Å². The molecule has 0 aliphatic carbocycles. The van der Waals surface area contributed by atoms with Gasteiger partial charge >= 0.3 is 0 Å². The fourth-order valence-corrected chi connectivity index (χ4v) is 4.26. The third-order valence-corrected chi connectivity index (χ3v) is 5.32.